The van der Waals surface area contributed by atoms with Crippen molar-refractivity contribution in [2.45, 2.75) is 25.4 Å². The predicted molar refractivity (Wildman–Crippen MR) is 113 cm³/mol. The molecule has 0 saturated carbocycles. The minimum Gasteiger partial charge on any atom is -0.376 e. The molecular weight excluding hydrogens is 373 g/mol. The van der Waals surface area contributed by atoms with Crippen molar-refractivity contribution in [1.82, 2.24) is 15.1 Å². The summed E-state index contributed by atoms with van der Waals surface area (Å²) in [5.41, 5.74) is 1.02. The van der Waals surface area contributed by atoms with Crippen molar-refractivity contribution in [2.75, 3.05) is 64.9 Å². The maximum Gasteiger partial charge on any atom is 0.243 e. The number of anilines is 1. The lowest BCUT2D eigenvalue weighted by molar-refractivity contribution is -0.127. The number of carbonyl (C=O) groups excluding carboxylic acids is 1. The Morgan fingerprint density at radius 1 is 1.21 bits per heavy atom. The molecule has 1 aromatic rings. The molecule has 1 amide bonds. The second-order valence-corrected chi connectivity index (χ2v) is 7.75. The molecule has 0 radical (unpaired) electrons. The van der Waals surface area contributed by atoms with Crippen LogP contribution in [0.4, 0.5) is 10.1 Å². The number of carbonyl (C=O) groups is 1. The van der Waals surface area contributed by atoms with Crippen LogP contribution in [0.2, 0.25) is 0 Å². The molecule has 0 spiro atoms. The van der Waals surface area contributed by atoms with Crippen LogP contribution >= 0.6 is 0 Å². The molecule has 1 aromatic carbocycles. The van der Waals surface area contributed by atoms with Crippen molar-refractivity contribution in [3.8, 4) is 0 Å². The Bertz CT molecular complexity index is 681. The van der Waals surface area contributed by atoms with Crippen LogP contribution in [-0.4, -0.2) is 87.7 Å². The van der Waals surface area contributed by atoms with E-state index in [0.717, 1.165) is 57.3 Å². The van der Waals surface area contributed by atoms with E-state index in [4.69, 9.17) is 4.74 Å². The van der Waals surface area contributed by atoms with Gasteiger partial charge in [-0.2, -0.15) is 0 Å². The smallest absolute Gasteiger partial charge is 0.243 e. The SMILES string of the molecule is CN(C)C(=O)CN=C(NCC1CCCCO1)N1CCN(c2ccc(F)cc2)CC1. The molecule has 2 aliphatic heterocycles. The van der Waals surface area contributed by atoms with Gasteiger partial charge >= 0.3 is 0 Å². The van der Waals surface area contributed by atoms with Crippen molar-refractivity contribution in [3.63, 3.8) is 0 Å². The Labute approximate surface area is 172 Å². The van der Waals surface area contributed by atoms with Crippen LogP contribution in [0.1, 0.15) is 19.3 Å². The number of guanidine groups is 1. The summed E-state index contributed by atoms with van der Waals surface area (Å²) in [6.45, 7) is 4.83. The van der Waals surface area contributed by atoms with Crippen molar-refractivity contribution >= 4 is 17.6 Å². The van der Waals surface area contributed by atoms with Crippen molar-refractivity contribution < 1.29 is 13.9 Å². The second kappa shape index (κ2) is 10.4. The van der Waals surface area contributed by atoms with Crippen LogP contribution < -0.4 is 10.2 Å². The fourth-order valence-corrected chi connectivity index (χ4v) is 3.55. The third-order valence-electron chi connectivity index (χ3n) is 5.40. The van der Waals surface area contributed by atoms with E-state index in [-0.39, 0.29) is 24.4 Å². The number of ether oxygens (including phenoxy) is 1. The Balaban J connectivity index is 1.59. The quantitative estimate of drug-likeness (QED) is 0.595. The van der Waals surface area contributed by atoms with E-state index in [0.29, 0.717) is 6.54 Å². The first-order valence-electron chi connectivity index (χ1n) is 10.4. The average molecular weight is 406 g/mol. The number of aliphatic imine (C=N–C) groups is 1. The minimum atomic E-state index is -0.221. The van der Waals surface area contributed by atoms with E-state index in [1.807, 2.05) is 12.1 Å². The summed E-state index contributed by atoms with van der Waals surface area (Å²) >= 11 is 0. The molecule has 3 rings (SSSR count). The van der Waals surface area contributed by atoms with Gasteiger partial charge in [0.2, 0.25) is 5.91 Å². The minimum absolute atomic E-state index is 0.0248. The molecule has 2 aliphatic rings. The highest BCUT2D eigenvalue weighted by atomic mass is 19.1. The predicted octanol–water partition coefficient (Wildman–Crippen LogP) is 1.55. The summed E-state index contributed by atoms with van der Waals surface area (Å²) in [6, 6.07) is 6.61. The molecule has 2 heterocycles. The maximum absolute atomic E-state index is 13.2. The lowest BCUT2D eigenvalue weighted by atomic mass is 10.1. The van der Waals surface area contributed by atoms with Gasteiger partial charge in [-0.05, 0) is 43.5 Å². The van der Waals surface area contributed by atoms with Gasteiger partial charge in [0.25, 0.3) is 0 Å². The highest BCUT2D eigenvalue weighted by Crippen LogP contribution is 2.17. The number of hydrogen-bond donors (Lipinski definition) is 1. The standard InChI is InChI=1S/C21H32FN5O2/c1-25(2)20(28)16-24-21(23-15-19-5-3-4-14-29-19)27-12-10-26(11-13-27)18-8-6-17(22)7-9-18/h6-9,19H,3-5,10-16H2,1-2H3,(H,23,24). The van der Waals surface area contributed by atoms with E-state index in [2.05, 4.69) is 20.1 Å². The summed E-state index contributed by atoms with van der Waals surface area (Å²) < 4.78 is 19.0. The molecular formula is C21H32FN5O2. The number of likely N-dealkylation sites (N-methyl/N-ethyl adjacent to an activating group) is 1. The van der Waals surface area contributed by atoms with E-state index >= 15 is 0 Å². The first-order chi connectivity index (χ1) is 14.0. The number of nitrogens with one attached hydrogen (secondary N) is 1. The number of halogens is 1. The highest BCUT2D eigenvalue weighted by Gasteiger charge is 2.22. The third-order valence-corrected chi connectivity index (χ3v) is 5.40. The molecule has 160 valence electrons. The highest BCUT2D eigenvalue weighted by molar-refractivity contribution is 5.85. The van der Waals surface area contributed by atoms with Gasteiger partial charge in [0, 0.05) is 59.1 Å². The third kappa shape index (κ3) is 6.32. The van der Waals surface area contributed by atoms with Gasteiger partial charge in [-0.25, -0.2) is 9.38 Å². The van der Waals surface area contributed by atoms with E-state index in [1.54, 1.807) is 19.0 Å². The molecule has 1 atom stereocenters. The maximum atomic E-state index is 13.2. The fraction of sp³-hybridized carbons (Fsp3) is 0.619. The molecule has 2 saturated heterocycles. The second-order valence-electron chi connectivity index (χ2n) is 7.75. The Kier molecular flexibility index (Phi) is 7.69. The van der Waals surface area contributed by atoms with Gasteiger partial charge < -0.3 is 24.8 Å². The number of amides is 1. The summed E-state index contributed by atoms with van der Waals surface area (Å²) in [5, 5.41) is 3.43. The zero-order valence-electron chi connectivity index (χ0n) is 17.4. The van der Waals surface area contributed by atoms with Crippen LogP contribution in [0.15, 0.2) is 29.3 Å². The van der Waals surface area contributed by atoms with Crippen LogP contribution in [0.5, 0.6) is 0 Å². The summed E-state index contributed by atoms with van der Waals surface area (Å²) in [6.07, 6.45) is 3.56. The van der Waals surface area contributed by atoms with Gasteiger partial charge in [0.05, 0.1) is 6.10 Å². The molecule has 29 heavy (non-hydrogen) atoms. The Morgan fingerprint density at radius 2 is 1.93 bits per heavy atom. The van der Waals surface area contributed by atoms with Gasteiger partial charge in [-0.3, -0.25) is 4.79 Å². The lowest BCUT2D eigenvalue weighted by Gasteiger charge is -2.38. The molecule has 0 aromatic heterocycles. The molecule has 0 bridgehead atoms. The zero-order chi connectivity index (χ0) is 20.6. The first kappa shape index (κ1) is 21.4. The summed E-state index contributed by atoms with van der Waals surface area (Å²) in [7, 11) is 3.48. The summed E-state index contributed by atoms with van der Waals surface area (Å²) in [4.78, 5) is 22.6. The first-order valence-corrected chi connectivity index (χ1v) is 10.4. The topological polar surface area (TPSA) is 60.4 Å². The molecule has 0 aliphatic carbocycles. The van der Waals surface area contributed by atoms with Crippen LogP contribution in [-0.2, 0) is 9.53 Å². The van der Waals surface area contributed by atoms with Crippen LogP contribution in [0, 0.1) is 5.82 Å². The molecule has 1 unspecified atom stereocenters. The fourth-order valence-electron chi connectivity index (χ4n) is 3.55. The van der Waals surface area contributed by atoms with E-state index < -0.39 is 0 Å². The van der Waals surface area contributed by atoms with Gasteiger partial charge in [0.15, 0.2) is 5.96 Å². The Hall–Kier alpha value is -2.35. The summed E-state index contributed by atoms with van der Waals surface area (Å²) in [5.74, 6) is 0.512. The normalized spacial score (nSPS) is 20.5. The van der Waals surface area contributed by atoms with Gasteiger partial charge in [-0.1, -0.05) is 0 Å². The average Bonchev–Trinajstić information content (AvgIpc) is 2.75. The number of piperazine rings is 1. The zero-order valence-corrected chi connectivity index (χ0v) is 17.4. The number of hydrogen-bond acceptors (Lipinski definition) is 4. The molecule has 7 nitrogen and oxygen atoms in total. The largest absolute Gasteiger partial charge is 0.376 e. The monoisotopic (exact) mass is 405 g/mol. The van der Waals surface area contributed by atoms with E-state index in [9.17, 15) is 9.18 Å². The van der Waals surface area contributed by atoms with Gasteiger partial charge in [0.1, 0.15) is 12.4 Å². The molecule has 1 N–H and O–H groups in total. The van der Waals surface area contributed by atoms with E-state index in [1.165, 1.54) is 18.6 Å². The number of rotatable bonds is 5. The van der Waals surface area contributed by atoms with Gasteiger partial charge in [-0.15, -0.1) is 0 Å². The van der Waals surface area contributed by atoms with Crippen molar-refractivity contribution in [3.05, 3.63) is 30.1 Å². The lowest BCUT2D eigenvalue weighted by Crippen LogP contribution is -2.54. The van der Waals surface area contributed by atoms with Crippen LogP contribution in [0.25, 0.3) is 0 Å². The molecule has 8 heteroatoms. The Morgan fingerprint density at radius 3 is 2.55 bits per heavy atom. The number of benzene rings is 1. The van der Waals surface area contributed by atoms with Crippen molar-refractivity contribution in [1.29, 1.82) is 0 Å². The van der Waals surface area contributed by atoms with Crippen LogP contribution in [0.3, 0.4) is 0 Å². The van der Waals surface area contributed by atoms with Crippen molar-refractivity contribution in [2.24, 2.45) is 4.99 Å². The number of nitrogens with zero attached hydrogens (tertiary/aromatic N) is 4. The molecule has 2 fully saturated rings.